The Bertz CT molecular complexity index is 428. The molecule has 1 N–H and O–H groups in total. The fraction of sp³-hybridized carbons (Fsp3) is 0.600. The van der Waals surface area contributed by atoms with Gasteiger partial charge in [-0.25, -0.2) is 0 Å². The van der Waals surface area contributed by atoms with Crippen molar-refractivity contribution in [3.63, 3.8) is 0 Å². The number of thioether (sulfide) groups is 1. The summed E-state index contributed by atoms with van der Waals surface area (Å²) in [6, 6.07) is 7.61. The maximum atomic E-state index is 12.6. The van der Waals surface area contributed by atoms with Gasteiger partial charge in [0.05, 0.1) is 0 Å². The molecule has 1 aliphatic rings. The Kier molecular flexibility index (Phi) is 5.66. The van der Waals surface area contributed by atoms with Crippen molar-refractivity contribution in [1.29, 1.82) is 0 Å². The van der Waals surface area contributed by atoms with Crippen molar-refractivity contribution in [2.75, 3.05) is 25.5 Å². The van der Waals surface area contributed by atoms with Crippen LogP contribution in [0.25, 0.3) is 0 Å². The number of para-hydroxylation sites is 1. The second-order valence-electron chi connectivity index (χ2n) is 5.47. The quantitative estimate of drug-likeness (QED) is 0.823. The highest BCUT2D eigenvalue weighted by Crippen LogP contribution is 2.33. The number of benzene rings is 1. The van der Waals surface area contributed by atoms with E-state index in [9.17, 15) is 8.78 Å². The van der Waals surface area contributed by atoms with E-state index in [0.29, 0.717) is 22.6 Å². The molecule has 112 valence electrons. The van der Waals surface area contributed by atoms with Gasteiger partial charge >= 0.3 is 0 Å². The average Bonchev–Trinajstić information content (AvgIpc) is 2.40. The van der Waals surface area contributed by atoms with Crippen molar-refractivity contribution in [3.8, 4) is 0 Å². The van der Waals surface area contributed by atoms with Crippen molar-refractivity contribution < 1.29 is 8.78 Å². The predicted octanol–water partition coefficient (Wildman–Crippen LogP) is 4.14. The fourth-order valence-electron chi connectivity index (χ4n) is 2.76. The van der Waals surface area contributed by atoms with E-state index in [1.165, 1.54) is 12.8 Å². The number of alkyl halides is 2. The van der Waals surface area contributed by atoms with Gasteiger partial charge in [0.1, 0.15) is 0 Å². The van der Waals surface area contributed by atoms with E-state index in [2.05, 4.69) is 24.2 Å². The van der Waals surface area contributed by atoms with Crippen LogP contribution in [0.1, 0.15) is 19.8 Å². The van der Waals surface area contributed by atoms with Crippen LogP contribution in [0.15, 0.2) is 29.2 Å². The highest BCUT2D eigenvalue weighted by Gasteiger charge is 2.23. The zero-order valence-corrected chi connectivity index (χ0v) is 12.8. The topological polar surface area (TPSA) is 15.3 Å². The van der Waals surface area contributed by atoms with Gasteiger partial charge < -0.3 is 10.2 Å². The molecule has 0 aromatic heterocycles. The minimum atomic E-state index is -2.38. The standard InChI is InChI=1S/C15H22F2N2S/c1-11(12-6-5-9-19(2)10-12)18-13-7-3-4-8-14(13)20-15(16)17/h3-4,7-8,11-12,15,18H,5-6,9-10H2,1-2H3. The first-order valence-corrected chi connectivity index (χ1v) is 7.93. The van der Waals surface area contributed by atoms with Crippen LogP contribution < -0.4 is 5.32 Å². The molecule has 0 radical (unpaired) electrons. The monoisotopic (exact) mass is 300 g/mol. The SMILES string of the molecule is CC(Nc1ccccc1SC(F)F)C1CCCN(C)C1. The third kappa shape index (κ3) is 4.35. The molecule has 1 heterocycles. The maximum absolute atomic E-state index is 12.6. The Hall–Kier alpha value is -0.810. The summed E-state index contributed by atoms with van der Waals surface area (Å²) in [6.45, 7) is 4.37. The Balaban J connectivity index is 2.01. The number of anilines is 1. The smallest absolute Gasteiger partial charge is 0.288 e. The summed E-state index contributed by atoms with van der Waals surface area (Å²) in [5.74, 6) is -1.81. The van der Waals surface area contributed by atoms with Crippen LogP contribution in [0.5, 0.6) is 0 Å². The summed E-state index contributed by atoms with van der Waals surface area (Å²) >= 11 is 0.608. The lowest BCUT2D eigenvalue weighted by Gasteiger charge is -2.34. The molecule has 1 aliphatic heterocycles. The van der Waals surface area contributed by atoms with Crippen LogP contribution in [-0.2, 0) is 0 Å². The van der Waals surface area contributed by atoms with Crippen molar-refractivity contribution in [3.05, 3.63) is 24.3 Å². The molecule has 5 heteroatoms. The van der Waals surface area contributed by atoms with Crippen molar-refractivity contribution in [2.24, 2.45) is 5.92 Å². The number of nitrogens with zero attached hydrogens (tertiary/aromatic N) is 1. The second kappa shape index (κ2) is 7.27. The van der Waals surface area contributed by atoms with Gasteiger partial charge in [-0.15, -0.1) is 0 Å². The van der Waals surface area contributed by atoms with Crippen molar-refractivity contribution in [1.82, 2.24) is 4.90 Å². The summed E-state index contributed by atoms with van der Waals surface area (Å²) < 4.78 is 25.1. The summed E-state index contributed by atoms with van der Waals surface area (Å²) in [5.41, 5.74) is 0.818. The van der Waals surface area contributed by atoms with Crippen LogP contribution in [-0.4, -0.2) is 36.8 Å². The van der Waals surface area contributed by atoms with Crippen LogP contribution in [0.4, 0.5) is 14.5 Å². The highest BCUT2D eigenvalue weighted by molar-refractivity contribution is 7.99. The molecule has 1 fully saturated rings. The Morgan fingerprint density at radius 1 is 1.35 bits per heavy atom. The lowest BCUT2D eigenvalue weighted by molar-refractivity contribution is 0.197. The predicted molar refractivity (Wildman–Crippen MR) is 81.6 cm³/mol. The molecule has 1 aromatic carbocycles. The molecular formula is C15H22F2N2S. The molecule has 2 rings (SSSR count). The summed E-state index contributed by atoms with van der Waals surface area (Å²) in [5, 5.41) is 3.43. The minimum absolute atomic E-state index is 0.289. The first-order valence-electron chi connectivity index (χ1n) is 7.05. The molecule has 2 atom stereocenters. The molecule has 0 amide bonds. The molecule has 20 heavy (non-hydrogen) atoms. The molecule has 0 spiro atoms. The van der Waals surface area contributed by atoms with Crippen LogP contribution in [0.2, 0.25) is 0 Å². The maximum Gasteiger partial charge on any atom is 0.288 e. The van der Waals surface area contributed by atoms with Gasteiger partial charge in [0.15, 0.2) is 0 Å². The number of hydrogen-bond acceptors (Lipinski definition) is 3. The number of nitrogens with one attached hydrogen (secondary N) is 1. The van der Waals surface area contributed by atoms with Gasteiger partial charge in [0.2, 0.25) is 0 Å². The van der Waals surface area contributed by atoms with Crippen molar-refractivity contribution in [2.45, 2.75) is 36.5 Å². The number of hydrogen-bond donors (Lipinski definition) is 1. The number of piperidine rings is 1. The molecule has 0 aliphatic carbocycles. The zero-order chi connectivity index (χ0) is 14.5. The van der Waals surface area contributed by atoms with Gasteiger partial charge in [0.25, 0.3) is 5.76 Å². The van der Waals surface area contributed by atoms with E-state index in [1.807, 2.05) is 12.1 Å². The molecule has 0 saturated carbocycles. The van der Waals surface area contributed by atoms with Gasteiger partial charge in [-0.05, 0) is 51.4 Å². The number of halogens is 2. The normalized spacial score (nSPS) is 21.9. The van der Waals surface area contributed by atoms with E-state index < -0.39 is 5.76 Å². The molecule has 0 bridgehead atoms. The van der Waals surface area contributed by atoms with E-state index in [4.69, 9.17) is 0 Å². The largest absolute Gasteiger partial charge is 0.381 e. The van der Waals surface area contributed by atoms with E-state index in [0.717, 1.165) is 18.8 Å². The minimum Gasteiger partial charge on any atom is -0.381 e. The Morgan fingerprint density at radius 3 is 2.80 bits per heavy atom. The molecule has 1 saturated heterocycles. The molecule has 2 unspecified atom stereocenters. The zero-order valence-electron chi connectivity index (χ0n) is 12.0. The van der Waals surface area contributed by atoms with Gasteiger partial charge in [0, 0.05) is 23.2 Å². The third-order valence-electron chi connectivity index (χ3n) is 3.85. The van der Waals surface area contributed by atoms with Crippen LogP contribution in [0, 0.1) is 5.92 Å². The van der Waals surface area contributed by atoms with E-state index in [-0.39, 0.29) is 6.04 Å². The van der Waals surface area contributed by atoms with Crippen LogP contribution in [0.3, 0.4) is 0 Å². The fourth-order valence-corrected chi connectivity index (χ4v) is 3.37. The van der Waals surface area contributed by atoms with Crippen molar-refractivity contribution >= 4 is 17.4 Å². The van der Waals surface area contributed by atoms with E-state index >= 15 is 0 Å². The third-order valence-corrected chi connectivity index (χ3v) is 4.64. The highest BCUT2D eigenvalue weighted by atomic mass is 32.2. The molecule has 2 nitrogen and oxygen atoms in total. The van der Waals surface area contributed by atoms with E-state index in [1.54, 1.807) is 12.1 Å². The lowest BCUT2D eigenvalue weighted by Crippen LogP contribution is -2.39. The lowest BCUT2D eigenvalue weighted by atomic mass is 9.92. The Morgan fingerprint density at radius 2 is 2.10 bits per heavy atom. The molecular weight excluding hydrogens is 278 g/mol. The summed E-state index contributed by atoms with van der Waals surface area (Å²) in [7, 11) is 2.14. The van der Waals surface area contributed by atoms with Gasteiger partial charge in [-0.3, -0.25) is 0 Å². The van der Waals surface area contributed by atoms with Gasteiger partial charge in [-0.2, -0.15) is 8.78 Å². The second-order valence-corrected chi connectivity index (χ2v) is 6.50. The number of rotatable bonds is 5. The molecule has 1 aromatic rings. The first kappa shape index (κ1) is 15.6. The number of likely N-dealkylation sites (tertiary alicyclic amines) is 1. The van der Waals surface area contributed by atoms with Crippen LogP contribution >= 0.6 is 11.8 Å². The summed E-state index contributed by atoms with van der Waals surface area (Å²) in [4.78, 5) is 2.96. The van der Waals surface area contributed by atoms with Gasteiger partial charge in [-0.1, -0.05) is 23.9 Å². The average molecular weight is 300 g/mol. The summed E-state index contributed by atoms with van der Waals surface area (Å²) in [6.07, 6.45) is 2.41. The Labute approximate surface area is 123 Å². The first-order chi connectivity index (χ1) is 9.56.